The van der Waals surface area contributed by atoms with Gasteiger partial charge in [0.25, 0.3) is 0 Å². The molecule has 0 saturated heterocycles. The fraction of sp³-hybridized carbons (Fsp3) is 0.964. The summed E-state index contributed by atoms with van der Waals surface area (Å²) in [5.41, 5.74) is 12.3. The second-order valence-electron chi connectivity index (χ2n) is 12.3. The average Bonchev–Trinajstić information content (AvgIpc) is 2.85. The highest BCUT2D eigenvalue weighted by Gasteiger charge is 2.33. The number of hydrogen-bond donors (Lipinski definition) is 4. The quantitative estimate of drug-likeness (QED) is 0.385. The zero-order valence-corrected chi connectivity index (χ0v) is 22.3. The summed E-state index contributed by atoms with van der Waals surface area (Å²) in [6.07, 6.45) is 15.7. The summed E-state index contributed by atoms with van der Waals surface area (Å²) in [6, 6.07) is 1.30. The second-order valence-corrected chi connectivity index (χ2v) is 12.3. The molecule has 0 aromatic carbocycles. The molecular formula is C28H52N4O3. The highest BCUT2D eigenvalue weighted by molar-refractivity contribution is 5.79. The monoisotopic (exact) mass is 492 g/mol. The molecule has 4 fully saturated rings. The summed E-state index contributed by atoms with van der Waals surface area (Å²) in [4.78, 5) is 12.9. The smallest absolute Gasteiger partial charge is 0.223 e. The first-order valence-corrected chi connectivity index (χ1v) is 14.7. The predicted octanol–water partition coefficient (Wildman–Crippen LogP) is 3.58. The number of carbonyl (C=O) groups excluding carboxylic acids is 1. The van der Waals surface area contributed by atoms with E-state index in [0.29, 0.717) is 49.0 Å². The SMILES string of the molecule is CC1CCC(N)CC1NCOC1CCC(OC2CCC(C(=O)NC3CC(N)CCC3C)CC2)CC1. The molecule has 0 aromatic heterocycles. The van der Waals surface area contributed by atoms with E-state index in [9.17, 15) is 4.79 Å². The van der Waals surface area contributed by atoms with Crippen molar-refractivity contribution < 1.29 is 14.3 Å². The van der Waals surface area contributed by atoms with Crippen LogP contribution in [0.2, 0.25) is 0 Å². The van der Waals surface area contributed by atoms with Gasteiger partial charge < -0.3 is 26.3 Å². The first-order chi connectivity index (χ1) is 16.9. The molecule has 7 heteroatoms. The summed E-state index contributed by atoms with van der Waals surface area (Å²) >= 11 is 0. The van der Waals surface area contributed by atoms with E-state index in [4.69, 9.17) is 20.9 Å². The summed E-state index contributed by atoms with van der Waals surface area (Å²) in [6.45, 7) is 5.19. The van der Waals surface area contributed by atoms with Crippen molar-refractivity contribution in [3.8, 4) is 0 Å². The van der Waals surface area contributed by atoms with Crippen LogP contribution in [0.5, 0.6) is 0 Å². The minimum atomic E-state index is 0.137. The van der Waals surface area contributed by atoms with Crippen molar-refractivity contribution >= 4 is 5.91 Å². The van der Waals surface area contributed by atoms with Crippen LogP contribution in [0.25, 0.3) is 0 Å². The third kappa shape index (κ3) is 8.13. The Hall–Kier alpha value is -0.730. The average molecular weight is 493 g/mol. The normalized spacial score (nSPS) is 43.0. The Labute approximate surface area is 213 Å². The van der Waals surface area contributed by atoms with Crippen molar-refractivity contribution in [2.45, 2.75) is 146 Å². The molecule has 4 saturated carbocycles. The zero-order chi connectivity index (χ0) is 24.8. The van der Waals surface area contributed by atoms with Gasteiger partial charge in [-0.05, 0) is 102 Å². The van der Waals surface area contributed by atoms with Crippen molar-refractivity contribution in [2.24, 2.45) is 29.2 Å². The summed E-state index contributed by atoms with van der Waals surface area (Å²) in [7, 11) is 0. The number of amides is 1. The molecule has 4 aliphatic carbocycles. The molecule has 7 nitrogen and oxygen atoms in total. The summed E-state index contributed by atoms with van der Waals surface area (Å²) < 4.78 is 12.6. The van der Waals surface area contributed by atoms with E-state index in [-0.39, 0.29) is 23.9 Å². The number of nitrogens with one attached hydrogen (secondary N) is 2. The number of carbonyl (C=O) groups is 1. The van der Waals surface area contributed by atoms with Crippen LogP contribution in [0.15, 0.2) is 0 Å². The second kappa shape index (κ2) is 13.2. The Kier molecular flexibility index (Phi) is 10.3. The molecule has 6 N–H and O–H groups in total. The van der Waals surface area contributed by atoms with Gasteiger partial charge in [-0.3, -0.25) is 10.1 Å². The molecule has 6 unspecified atom stereocenters. The van der Waals surface area contributed by atoms with E-state index < -0.39 is 0 Å². The lowest BCUT2D eigenvalue weighted by atomic mass is 9.82. The third-order valence-electron chi connectivity index (χ3n) is 9.52. The fourth-order valence-electron chi connectivity index (χ4n) is 6.84. The van der Waals surface area contributed by atoms with Crippen LogP contribution in [0.1, 0.15) is 104 Å². The van der Waals surface area contributed by atoms with Crippen LogP contribution in [0, 0.1) is 17.8 Å². The summed E-state index contributed by atoms with van der Waals surface area (Å²) in [5.74, 6) is 1.59. The highest BCUT2D eigenvalue weighted by atomic mass is 16.5. The minimum Gasteiger partial charge on any atom is -0.375 e. The van der Waals surface area contributed by atoms with Crippen LogP contribution >= 0.6 is 0 Å². The van der Waals surface area contributed by atoms with Gasteiger partial charge in [0.05, 0.1) is 25.0 Å². The van der Waals surface area contributed by atoms with Crippen LogP contribution < -0.4 is 22.1 Å². The maximum absolute atomic E-state index is 12.9. The predicted molar refractivity (Wildman–Crippen MR) is 140 cm³/mol. The van der Waals surface area contributed by atoms with Gasteiger partial charge >= 0.3 is 0 Å². The molecular weight excluding hydrogens is 440 g/mol. The van der Waals surface area contributed by atoms with E-state index in [1.54, 1.807) is 0 Å². The van der Waals surface area contributed by atoms with Crippen molar-refractivity contribution in [2.75, 3.05) is 6.73 Å². The lowest BCUT2D eigenvalue weighted by Crippen LogP contribution is -2.48. The Balaban J connectivity index is 1.08. The van der Waals surface area contributed by atoms with Gasteiger partial charge in [0.15, 0.2) is 0 Å². The zero-order valence-electron chi connectivity index (χ0n) is 22.3. The van der Waals surface area contributed by atoms with Gasteiger partial charge in [0, 0.05) is 30.1 Å². The maximum atomic E-state index is 12.9. The lowest BCUT2D eigenvalue weighted by Gasteiger charge is -2.37. The van der Waals surface area contributed by atoms with E-state index in [2.05, 4.69) is 24.5 Å². The van der Waals surface area contributed by atoms with Gasteiger partial charge in [-0.15, -0.1) is 0 Å². The number of nitrogens with two attached hydrogens (primary N) is 2. The van der Waals surface area contributed by atoms with Gasteiger partial charge in [-0.2, -0.15) is 0 Å². The Morgan fingerprint density at radius 1 is 0.714 bits per heavy atom. The van der Waals surface area contributed by atoms with Crippen molar-refractivity contribution in [3.63, 3.8) is 0 Å². The van der Waals surface area contributed by atoms with Crippen LogP contribution in [0.3, 0.4) is 0 Å². The lowest BCUT2D eigenvalue weighted by molar-refractivity contribution is -0.129. The molecule has 0 spiro atoms. The summed E-state index contributed by atoms with van der Waals surface area (Å²) in [5, 5.41) is 6.92. The van der Waals surface area contributed by atoms with Crippen molar-refractivity contribution in [1.29, 1.82) is 0 Å². The molecule has 0 aromatic rings. The Bertz CT molecular complexity index is 648. The van der Waals surface area contributed by atoms with Crippen LogP contribution in [0.4, 0.5) is 0 Å². The number of ether oxygens (including phenoxy) is 2. The minimum absolute atomic E-state index is 0.137. The van der Waals surface area contributed by atoms with Gasteiger partial charge in [-0.1, -0.05) is 13.8 Å². The molecule has 202 valence electrons. The standard InChI is InChI=1S/C28H52N4O3/c1-18-3-7-21(29)15-26(18)31-17-34-23-11-13-25(14-12-23)35-24-9-5-20(6-10-24)28(33)32-27-16-22(30)8-4-19(27)2/h18-27,31H,3-17,29-30H2,1-2H3,(H,32,33). The molecule has 0 aliphatic heterocycles. The molecule has 0 heterocycles. The van der Waals surface area contributed by atoms with Gasteiger partial charge in [0.1, 0.15) is 0 Å². The molecule has 0 bridgehead atoms. The van der Waals surface area contributed by atoms with E-state index in [0.717, 1.165) is 83.5 Å². The largest absolute Gasteiger partial charge is 0.375 e. The topological polar surface area (TPSA) is 112 Å². The maximum Gasteiger partial charge on any atom is 0.223 e. The van der Waals surface area contributed by atoms with Crippen molar-refractivity contribution in [3.05, 3.63) is 0 Å². The van der Waals surface area contributed by atoms with E-state index in [1.807, 2.05) is 0 Å². The number of hydrogen-bond acceptors (Lipinski definition) is 6. The Morgan fingerprint density at radius 3 is 1.86 bits per heavy atom. The van der Waals surface area contributed by atoms with E-state index >= 15 is 0 Å². The molecule has 4 rings (SSSR count). The highest BCUT2D eigenvalue weighted by Crippen LogP contribution is 2.32. The molecule has 6 atom stereocenters. The molecule has 0 radical (unpaired) electrons. The molecule has 4 aliphatic rings. The fourth-order valence-corrected chi connectivity index (χ4v) is 6.84. The molecule has 35 heavy (non-hydrogen) atoms. The van der Waals surface area contributed by atoms with Crippen LogP contribution in [-0.2, 0) is 14.3 Å². The molecule has 1 amide bonds. The number of rotatable bonds is 8. The third-order valence-corrected chi connectivity index (χ3v) is 9.52. The first-order valence-electron chi connectivity index (χ1n) is 14.7. The first kappa shape index (κ1) is 27.3. The van der Waals surface area contributed by atoms with Gasteiger partial charge in [-0.25, -0.2) is 0 Å². The van der Waals surface area contributed by atoms with Gasteiger partial charge in [0.2, 0.25) is 5.91 Å². The van der Waals surface area contributed by atoms with Crippen LogP contribution in [-0.4, -0.2) is 55.1 Å². The Morgan fingerprint density at radius 2 is 1.23 bits per heavy atom. The van der Waals surface area contributed by atoms with E-state index in [1.165, 1.54) is 6.42 Å². The van der Waals surface area contributed by atoms with Crippen molar-refractivity contribution in [1.82, 2.24) is 10.6 Å².